The highest BCUT2D eigenvalue weighted by molar-refractivity contribution is 5.85. The maximum atomic E-state index is 5.72. The van der Waals surface area contributed by atoms with Crippen LogP contribution in [0, 0.1) is 0 Å². The summed E-state index contributed by atoms with van der Waals surface area (Å²) in [4.78, 5) is 12.2. The van der Waals surface area contributed by atoms with Crippen molar-refractivity contribution < 1.29 is 0 Å². The Balaban J connectivity index is 0.00000112. The molecule has 2 heterocycles. The summed E-state index contributed by atoms with van der Waals surface area (Å²) >= 11 is 0. The molecule has 0 bridgehead atoms. The number of hydrogen-bond acceptors (Lipinski definition) is 5. The van der Waals surface area contributed by atoms with Gasteiger partial charge in [0.2, 0.25) is 0 Å². The third kappa shape index (κ3) is 2.88. The Bertz CT molecular complexity index is 415. The van der Waals surface area contributed by atoms with Crippen LogP contribution in [-0.2, 0) is 0 Å². The summed E-state index contributed by atoms with van der Waals surface area (Å²) in [6, 6.07) is 1.55. The molecule has 0 aliphatic heterocycles. The minimum atomic E-state index is -0.193. The molecule has 0 aliphatic rings. The lowest BCUT2D eigenvalue weighted by atomic mass is 10.3. The molecule has 0 radical (unpaired) electrons. The largest absolute Gasteiger partial charge is 0.322 e. The monoisotopic (exact) mass is 262 g/mol. The second kappa shape index (κ2) is 6.37. The van der Waals surface area contributed by atoms with Crippen molar-refractivity contribution in [3.05, 3.63) is 30.6 Å². The van der Waals surface area contributed by atoms with E-state index in [9.17, 15) is 0 Å². The summed E-state index contributed by atoms with van der Waals surface area (Å²) < 4.78 is 1.53. The van der Waals surface area contributed by atoms with Crippen molar-refractivity contribution in [1.29, 1.82) is 0 Å². The topological polar surface area (TPSA) is 82.5 Å². The summed E-state index contributed by atoms with van der Waals surface area (Å²) in [5.74, 6) is 1.13. The molecule has 8 heteroatoms. The smallest absolute Gasteiger partial charge is 0.252 e. The van der Waals surface area contributed by atoms with Gasteiger partial charge in [-0.1, -0.05) is 0 Å². The highest BCUT2D eigenvalue weighted by Crippen LogP contribution is 2.07. The fourth-order valence-electron chi connectivity index (χ4n) is 1.12. The van der Waals surface area contributed by atoms with E-state index in [4.69, 9.17) is 5.73 Å². The van der Waals surface area contributed by atoms with Gasteiger partial charge in [-0.2, -0.15) is 9.78 Å². The van der Waals surface area contributed by atoms with E-state index in [1.54, 1.807) is 18.5 Å². The maximum Gasteiger partial charge on any atom is 0.252 e. The second-order valence-electron chi connectivity index (χ2n) is 2.87. The molecule has 16 heavy (non-hydrogen) atoms. The summed E-state index contributed by atoms with van der Waals surface area (Å²) in [5, 5.41) is 4.01. The molecular weight excluding hydrogens is 251 g/mol. The first-order chi connectivity index (χ1) is 6.79. The molecule has 0 fully saturated rings. The van der Waals surface area contributed by atoms with Crippen LogP contribution in [0.4, 0.5) is 0 Å². The number of aromatic nitrogens is 5. The first-order valence-corrected chi connectivity index (χ1v) is 4.22. The first kappa shape index (κ1) is 14.8. The van der Waals surface area contributed by atoms with E-state index in [-0.39, 0.29) is 30.9 Å². The molecule has 0 amide bonds. The Morgan fingerprint density at radius 3 is 2.38 bits per heavy atom. The predicted molar refractivity (Wildman–Crippen MR) is 64.0 cm³/mol. The molecule has 88 valence electrons. The fraction of sp³-hybridized carbons (Fsp3) is 0.250. The lowest BCUT2D eigenvalue weighted by Crippen LogP contribution is -2.14. The minimum absolute atomic E-state index is 0. The Morgan fingerprint density at radius 2 is 1.81 bits per heavy atom. The molecule has 0 spiro atoms. The van der Waals surface area contributed by atoms with Crippen molar-refractivity contribution in [3.8, 4) is 5.95 Å². The number of rotatable bonds is 2. The van der Waals surface area contributed by atoms with Gasteiger partial charge in [-0.05, 0) is 13.0 Å². The Labute approximate surface area is 105 Å². The van der Waals surface area contributed by atoms with Gasteiger partial charge in [0.15, 0.2) is 5.82 Å². The Hall–Kier alpha value is -1.24. The third-order valence-corrected chi connectivity index (χ3v) is 1.72. The molecule has 1 atom stereocenters. The number of hydrogen-bond donors (Lipinski definition) is 1. The Kier molecular flexibility index (Phi) is 5.87. The molecule has 2 N–H and O–H groups in total. The summed E-state index contributed by atoms with van der Waals surface area (Å²) in [5.41, 5.74) is 5.72. The van der Waals surface area contributed by atoms with Crippen LogP contribution in [0.1, 0.15) is 18.8 Å². The second-order valence-corrected chi connectivity index (χ2v) is 2.87. The van der Waals surface area contributed by atoms with Gasteiger partial charge in [-0.15, -0.1) is 24.8 Å². The van der Waals surface area contributed by atoms with Gasteiger partial charge < -0.3 is 5.73 Å². The maximum absolute atomic E-state index is 5.72. The molecular formula is C8H12Cl2N6. The van der Waals surface area contributed by atoms with Crippen LogP contribution in [0.3, 0.4) is 0 Å². The van der Waals surface area contributed by atoms with Crippen LogP contribution in [0.25, 0.3) is 5.95 Å². The van der Waals surface area contributed by atoms with Gasteiger partial charge in [-0.3, -0.25) is 0 Å². The summed E-state index contributed by atoms with van der Waals surface area (Å²) in [7, 11) is 0. The van der Waals surface area contributed by atoms with Crippen molar-refractivity contribution in [2.45, 2.75) is 13.0 Å². The van der Waals surface area contributed by atoms with Crippen LogP contribution in [0.15, 0.2) is 24.8 Å². The number of nitrogens with two attached hydrogens (primary N) is 1. The zero-order valence-corrected chi connectivity index (χ0v) is 10.1. The standard InChI is InChI=1S/C8H10N6.2ClH/c1-6(9)7-12-5-13-14(7)8-10-3-2-4-11-8;;/h2-6H,9H2,1H3;2*1H. The minimum Gasteiger partial charge on any atom is -0.322 e. The lowest BCUT2D eigenvalue weighted by molar-refractivity contribution is 0.669. The first-order valence-electron chi connectivity index (χ1n) is 4.22. The highest BCUT2D eigenvalue weighted by Gasteiger charge is 2.11. The molecule has 0 aliphatic carbocycles. The van der Waals surface area contributed by atoms with E-state index >= 15 is 0 Å². The van der Waals surface area contributed by atoms with E-state index in [1.807, 2.05) is 6.92 Å². The van der Waals surface area contributed by atoms with Gasteiger partial charge in [0, 0.05) is 12.4 Å². The van der Waals surface area contributed by atoms with Crippen molar-refractivity contribution in [3.63, 3.8) is 0 Å². The Morgan fingerprint density at radius 1 is 1.19 bits per heavy atom. The fourth-order valence-corrected chi connectivity index (χ4v) is 1.12. The lowest BCUT2D eigenvalue weighted by Gasteiger charge is -2.05. The summed E-state index contributed by atoms with van der Waals surface area (Å²) in [6.45, 7) is 1.84. The van der Waals surface area contributed by atoms with Gasteiger partial charge in [0.25, 0.3) is 5.95 Å². The molecule has 6 nitrogen and oxygen atoms in total. The van der Waals surface area contributed by atoms with Crippen molar-refractivity contribution in [2.75, 3.05) is 0 Å². The van der Waals surface area contributed by atoms with Gasteiger partial charge in [0.05, 0.1) is 6.04 Å². The quantitative estimate of drug-likeness (QED) is 0.871. The van der Waals surface area contributed by atoms with Gasteiger partial charge in [0.1, 0.15) is 6.33 Å². The van der Waals surface area contributed by atoms with Crippen molar-refractivity contribution in [2.24, 2.45) is 5.73 Å². The zero-order chi connectivity index (χ0) is 9.97. The van der Waals surface area contributed by atoms with Crippen LogP contribution in [0.5, 0.6) is 0 Å². The van der Waals surface area contributed by atoms with Gasteiger partial charge in [-0.25, -0.2) is 15.0 Å². The van der Waals surface area contributed by atoms with Crippen LogP contribution >= 0.6 is 24.8 Å². The van der Waals surface area contributed by atoms with Crippen LogP contribution in [0.2, 0.25) is 0 Å². The van der Waals surface area contributed by atoms with Crippen molar-refractivity contribution >= 4 is 24.8 Å². The van der Waals surface area contributed by atoms with Gasteiger partial charge >= 0.3 is 0 Å². The van der Waals surface area contributed by atoms with E-state index in [1.165, 1.54) is 11.0 Å². The molecule has 2 aromatic rings. The summed E-state index contributed by atoms with van der Waals surface area (Å²) in [6.07, 6.45) is 4.74. The SMILES string of the molecule is CC(N)c1ncnn1-c1ncccn1.Cl.Cl. The highest BCUT2D eigenvalue weighted by atomic mass is 35.5. The van der Waals surface area contributed by atoms with E-state index in [0.29, 0.717) is 11.8 Å². The molecule has 1 unspecified atom stereocenters. The molecule has 0 saturated carbocycles. The predicted octanol–water partition coefficient (Wildman–Crippen LogP) is 0.921. The van der Waals surface area contributed by atoms with E-state index in [0.717, 1.165) is 0 Å². The average molecular weight is 263 g/mol. The third-order valence-electron chi connectivity index (χ3n) is 1.72. The van der Waals surface area contributed by atoms with Crippen molar-refractivity contribution in [1.82, 2.24) is 24.7 Å². The number of halogens is 2. The molecule has 0 saturated heterocycles. The number of nitrogens with zero attached hydrogens (tertiary/aromatic N) is 5. The zero-order valence-electron chi connectivity index (χ0n) is 8.52. The van der Waals surface area contributed by atoms with Crippen LogP contribution in [-0.4, -0.2) is 24.7 Å². The van der Waals surface area contributed by atoms with E-state index in [2.05, 4.69) is 20.1 Å². The average Bonchev–Trinajstić information content (AvgIpc) is 2.67. The van der Waals surface area contributed by atoms with Crippen LogP contribution < -0.4 is 5.73 Å². The molecule has 0 aromatic carbocycles. The molecule has 2 rings (SSSR count). The molecule has 2 aromatic heterocycles. The normalized spacial score (nSPS) is 11.1. The van der Waals surface area contributed by atoms with E-state index < -0.39 is 0 Å².